The molecule has 0 aliphatic carbocycles. The first-order valence-corrected chi connectivity index (χ1v) is 6.69. The van der Waals surface area contributed by atoms with Crippen LogP contribution in [0.2, 0.25) is 0 Å². The van der Waals surface area contributed by atoms with Crippen LogP contribution in [0.4, 0.5) is 52.7 Å². The number of hydrogen-bond donors (Lipinski definition) is 1. The normalized spacial score (nSPS) is 13.3. The predicted octanol–water partition coefficient (Wildman–Crippen LogP) is 5.00. The van der Waals surface area contributed by atoms with E-state index < -0.39 is 66.6 Å². The summed E-state index contributed by atoms with van der Waals surface area (Å²) < 4.78 is 163. The summed E-state index contributed by atoms with van der Waals surface area (Å²) in [4.78, 5) is 0. The summed E-state index contributed by atoms with van der Waals surface area (Å²) in [5, 5.41) is 1.95. The Bertz CT molecular complexity index is 653. The van der Waals surface area contributed by atoms with E-state index in [0.29, 0.717) is 0 Å². The molecule has 168 valence electrons. The third-order valence-corrected chi connectivity index (χ3v) is 2.50. The van der Waals surface area contributed by atoms with Crippen molar-refractivity contribution < 1.29 is 71.6 Å². The van der Waals surface area contributed by atoms with Crippen LogP contribution in [-0.4, -0.2) is 32.5 Å². The molecule has 0 aliphatic rings. The van der Waals surface area contributed by atoms with Gasteiger partial charge < -0.3 is 24.3 Å². The van der Waals surface area contributed by atoms with Crippen molar-refractivity contribution in [2.75, 3.05) is 7.05 Å². The minimum absolute atomic E-state index is 0.539. The zero-order chi connectivity index (χ0) is 22.8. The van der Waals surface area contributed by atoms with Crippen molar-refractivity contribution in [2.45, 2.75) is 32.0 Å². The Morgan fingerprint density at radius 1 is 0.621 bits per heavy atom. The number of alkyl halides is 12. The standard InChI is InChI=1S/C12H7F12NO4/c1-25-3-4-7(28-11(19,20)21)5(26-9(13,14)15)2-6(27-10(16,17)18)8(4)29-12(22,23)24/h2,25H,3H2,1H3. The second-order valence-electron chi connectivity index (χ2n) is 4.73. The highest BCUT2D eigenvalue weighted by atomic mass is 19.4. The molecule has 0 amide bonds. The molecule has 0 spiro atoms. The highest BCUT2D eigenvalue weighted by Gasteiger charge is 2.43. The molecule has 17 heteroatoms. The van der Waals surface area contributed by atoms with E-state index >= 15 is 0 Å². The molecule has 1 N–H and O–H groups in total. The lowest BCUT2D eigenvalue weighted by molar-refractivity contribution is -0.291. The number of benzene rings is 1. The maximum atomic E-state index is 12.6. The van der Waals surface area contributed by atoms with E-state index in [4.69, 9.17) is 0 Å². The summed E-state index contributed by atoms with van der Waals surface area (Å²) >= 11 is 0. The molecule has 5 nitrogen and oxygen atoms in total. The smallest absolute Gasteiger partial charge is 0.402 e. The number of nitrogens with one attached hydrogen (secondary N) is 1. The lowest BCUT2D eigenvalue weighted by atomic mass is 10.1. The van der Waals surface area contributed by atoms with Crippen LogP contribution >= 0.6 is 0 Å². The molecule has 29 heavy (non-hydrogen) atoms. The molecule has 1 aromatic carbocycles. The van der Waals surface area contributed by atoms with Crippen molar-refractivity contribution >= 4 is 0 Å². The molecular formula is C12H7F12NO4. The Morgan fingerprint density at radius 2 is 0.931 bits per heavy atom. The molecule has 0 aromatic heterocycles. The van der Waals surface area contributed by atoms with Gasteiger partial charge in [0.25, 0.3) is 0 Å². The summed E-state index contributed by atoms with van der Waals surface area (Å²) in [6.45, 7) is -1.18. The first-order valence-electron chi connectivity index (χ1n) is 6.69. The van der Waals surface area contributed by atoms with Gasteiger partial charge in [0.2, 0.25) is 0 Å². The molecule has 0 heterocycles. The van der Waals surface area contributed by atoms with E-state index in [9.17, 15) is 52.7 Å². The molecule has 1 aromatic rings. The van der Waals surface area contributed by atoms with Crippen LogP contribution in [0, 0.1) is 0 Å². The lowest BCUT2D eigenvalue weighted by Gasteiger charge is -2.24. The zero-order valence-corrected chi connectivity index (χ0v) is 13.5. The van der Waals surface area contributed by atoms with Crippen LogP contribution in [0.3, 0.4) is 0 Å². The van der Waals surface area contributed by atoms with E-state index in [1.54, 1.807) is 0 Å². The van der Waals surface area contributed by atoms with Gasteiger partial charge in [0.1, 0.15) is 0 Å². The largest absolute Gasteiger partial charge is 0.573 e. The van der Waals surface area contributed by atoms with Gasteiger partial charge in [0.15, 0.2) is 23.0 Å². The van der Waals surface area contributed by atoms with Crippen LogP contribution in [-0.2, 0) is 6.54 Å². The van der Waals surface area contributed by atoms with Crippen molar-refractivity contribution in [3.63, 3.8) is 0 Å². The average molecular weight is 457 g/mol. The fourth-order valence-electron chi connectivity index (χ4n) is 1.84. The van der Waals surface area contributed by atoms with Crippen LogP contribution < -0.4 is 24.3 Å². The number of ether oxygens (including phenoxy) is 4. The van der Waals surface area contributed by atoms with Crippen LogP contribution in [0.25, 0.3) is 0 Å². The summed E-state index contributed by atoms with van der Waals surface area (Å²) in [5.41, 5.74) is -1.55. The Labute approximate surface area is 152 Å². The molecule has 0 unspecified atom stereocenters. The molecule has 0 saturated carbocycles. The third kappa shape index (κ3) is 8.61. The van der Waals surface area contributed by atoms with Gasteiger partial charge in [-0.05, 0) is 7.05 Å². The van der Waals surface area contributed by atoms with Gasteiger partial charge in [-0.1, -0.05) is 0 Å². The van der Waals surface area contributed by atoms with Gasteiger partial charge in [-0.15, -0.1) is 52.7 Å². The van der Waals surface area contributed by atoms with Crippen LogP contribution in [0.1, 0.15) is 5.56 Å². The Hall–Kier alpha value is -2.46. The predicted molar refractivity (Wildman–Crippen MR) is 65.9 cm³/mol. The Balaban J connectivity index is 3.87. The van der Waals surface area contributed by atoms with Gasteiger partial charge in [0.05, 0.1) is 5.56 Å². The fraction of sp³-hybridized carbons (Fsp3) is 0.500. The van der Waals surface area contributed by atoms with E-state index in [1.807, 2.05) is 5.32 Å². The minimum Gasteiger partial charge on any atom is -0.402 e. The topological polar surface area (TPSA) is 49.0 Å². The van der Waals surface area contributed by atoms with E-state index in [-0.39, 0.29) is 0 Å². The molecule has 0 radical (unpaired) electrons. The summed E-state index contributed by atoms with van der Waals surface area (Å²) in [6, 6.07) is -0.539. The Morgan fingerprint density at radius 3 is 1.17 bits per heavy atom. The van der Waals surface area contributed by atoms with Gasteiger partial charge in [0, 0.05) is 12.6 Å². The van der Waals surface area contributed by atoms with Gasteiger partial charge in [-0.2, -0.15) is 0 Å². The highest BCUT2D eigenvalue weighted by molar-refractivity contribution is 5.61. The zero-order valence-electron chi connectivity index (χ0n) is 13.5. The molecule has 0 aliphatic heterocycles. The molecular weight excluding hydrogens is 450 g/mol. The second kappa shape index (κ2) is 8.11. The first-order chi connectivity index (χ1) is 12.8. The van der Waals surface area contributed by atoms with E-state index in [1.165, 1.54) is 0 Å². The quantitative estimate of drug-likeness (QED) is 0.610. The first kappa shape index (κ1) is 24.6. The molecule has 0 fully saturated rings. The van der Waals surface area contributed by atoms with Crippen molar-refractivity contribution in [3.05, 3.63) is 11.6 Å². The molecule has 0 saturated heterocycles. The van der Waals surface area contributed by atoms with Gasteiger partial charge in [-0.3, -0.25) is 0 Å². The molecule has 0 atom stereocenters. The van der Waals surface area contributed by atoms with E-state index in [2.05, 4.69) is 18.9 Å². The number of halogens is 12. The minimum atomic E-state index is -5.77. The fourth-order valence-corrected chi connectivity index (χ4v) is 1.84. The van der Waals surface area contributed by atoms with Crippen molar-refractivity contribution in [3.8, 4) is 23.0 Å². The SMILES string of the molecule is CNCc1c(OC(F)(F)F)c(OC(F)(F)F)cc(OC(F)(F)F)c1OC(F)(F)F. The monoisotopic (exact) mass is 457 g/mol. The van der Waals surface area contributed by atoms with Gasteiger partial charge in [-0.25, -0.2) is 0 Å². The molecule has 0 bridgehead atoms. The summed E-state index contributed by atoms with van der Waals surface area (Å²) in [5.74, 6) is -8.18. The average Bonchev–Trinajstić information content (AvgIpc) is 2.41. The summed E-state index contributed by atoms with van der Waals surface area (Å²) in [7, 11) is 0.899. The van der Waals surface area contributed by atoms with E-state index in [0.717, 1.165) is 7.05 Å². The summed E-state index contributed by atoms with van der Waals surface area (Å²) in [6.07, 6.45) is -23.1. The highest BCUT2D eigenvalue weighted by Crippen LogP contribution is 2.50. The number of hydrogen-bond acceptors (Lipinski definition) is 5. The maximum Gasteiger partial charge on any atom is 0.573 e. The van der Waals surface area contributed by atoms with Crippen molar-refractivity contribution in [2.24, 2.45) is 0 Å². The van der Waals surface area contributed by atoms with Crippen LogP contribution in [0.15, 0.2) is 6.07 Å². The van der Waals surface area contributed by atoms with Crippen molar-refractivity contribution in [1.29, 1.82) is 0 Å². The number of rotatable bonds is 6. The van der Waals surface area contributed by atoms with Gasteiger partial charge >= 0.3 is 25.4 Å². The van der Waals surface area contributed by atoms with Crippen LogP contribution in [0.5, 0.6) is 23.0 Å². The Kier molecular flexibility index (Phi) is 6.88. The molecule has 1 rings (SSSR count). The van der Waals surface area contributed by atoms with Crippen molar-refractivity contribution in [1.82, 2.24) is 5.32 Å². The second-order valence-corrected chi connectivity index (χ2v) is 4.73. The lowest BCUT2D eigenvalue weighted by Crippen LogP contribution is -2.26. The maximum absolute atomic E-state index is 12.6. The third-order valence-electron chi connectivity index (χ3n) is 2.50.